The number of rotatable bonds is 9. The highest BCUT2D eigenvalue weighted by Crippen LogP contribution is 2.33. The van der Waals surface area contributed by atoms with Crippen LogP contribution in [0, 0.1) is 0 Å². The van der Waals surface area contributed by atoms with Gasteiger partial charge in [-0.25, -0.2) is 0 Å². The Bertz CT molecular complexity index is 821. The minimum atomic E-state index is -0.192. The summed E-state index contributed by atoms with van der Waals surface area (Å²) in [6.07, 6.45) is 1.84. The topological polar surface area (TPSA) is 66.0 Å². The molecule has 0 fully saturated rings. The molecule has 0 bridgehead atoms. The smallest absolute Gasteiger partial charge is 0.251 e. The van der Waals surface area contributed by atoms with Crippen molar-refractivity contribution in [3.05, 3.63) is 47.5 Å². The van der Waals surface area contributed by atoms with E-state index in [-0.39, 0.29) is 18.7 Å². The van der Waals surface area contributed by atoms with E-state index in [0.717, 1.165) is 24.2 Å². The summed E-state index contributed by atoms with van der Waals surface area (Å²) in [6, 6.07) is 10.8. The van der Waals surface area contributed by atoms with E-state index in [1.54, 1.807) is 18.2 Å². The molecule has 1 heterocycles. The number of carbonyl (C=O) groups is 1. The van der Waals surface area contributed by atoms with Crippen LogP contribution in [-0.2, 0) is 0 Å². The third-order valence-electron chi connectivity index (χ3n) is 4.37. The molecule has 0 aromatic heterocycles. The lowest BCUT2D eigenvalue weighted by Crippen LogP contribution is -2.26. The molecule has 3 rings (SSSR count). The fourth-order valence-corrected chi connectivity index (χ4v) is 2.85. The van der Waals surface area contributed by atoms with Crippen molar-refractivity contribution in [3.8, 4) is 23.0 Å². The van der Waals surface area contributed by atoms with Crippen molar-refractivity contribution < 1.29 is 23.7 Å². The molecular weight excluding hydrogens is 358 g/mol. The Morgan fingerprint density at radius 1 is 1.00 bits per heavy atom. The SMILES string of the molecule is CCCOc1ccc(C(C)NC(=O)c2ccc3c(c2)OCO3)cc1OCCC. The molecule has 2 aromatic carbocycles. The Balaban J connectivity index is 1.71. The summed E-state index contributed by atoms with van der Waals surface area (Å²) in [4.78, 5) is 12.6. The lowest BCUT2D eigenvalue weighted by Gasteiger charge is -2.18. The van der Waals surface area contributed by atoms with Gasteiger partial charge in [0.05, 0.1) is 19.3 Å². The van der Waals surface area contributed by atoms with Crippen molar-refractivity contribution in [2.24, 2.45) is 0 Å². The number of fused-ring (bicyclic) bond motifs is 1. The first kappa shape index (κ1) is 19.9. The molecular formula is C22H27NO5. The number of hydrogen-bond donors (Lipinski definition) is 1. The van der Waals surface area contributed by atoms with Crippen LogP contribution in [0.3, 0.4) is 0 Å². The second-order valence-corrected chi connectivity index (χ2v) is 6.67. The van der Waals surface area contributed by atoms with Gasteiger partial charge in [0.1, 0.15) is 0 Å². The van der Waals surface area contributed by atoms with E-state index in [2.05, 4.69) is 19.2 Å². The third-order valence-corrected chi connectivity index (χ3v) is 4.37. The maximum absolute atomic E-state index is 12.6. The maximum Gasteiger partial charge on any atom is 0.251 e. The van der Waals surface area contributed by atoms with Crippen LogP contribution in [0.5, 0.6) is 23.0 Å². The van der Waals surface area contributed by atoms with E-state index >= 15 is 0 Å². The number of amides is 1. The molecule has 0 spiro atoms. The van der Waals surface area contributed by atoms with Crippen molar-refractivity contribution in [1.29, 1.82) is 0 Å². The molecule has 150 valence electrons. The van der Waals surface area contributed by atoms with Gasteiger partial charge in [-0.1, -0.05) is 19.9 Å². The minimum Gasteiger partial charge on any atom is -0.490 e. The van der Waals surface area contributed by atoms with Crippen molar-refractivity contribution in [1.82, 2.24) is 5.32 Å². The van der Waals surface area contributed by atoms with Crippen LogP contribution in [0.25, 0.3) is 0 Å². The number of hydrogen-bond acceptors (Lipinski definition) is 5. The number of ether oxygens (including phenoxy) is 4. The normalized spacial score (nSPS) is 13.1. The molecule has 6 heteroatoms. The van der Waals surface area contributed by atoms with Gasteiger partial charge in [0.15, 0.2) is 23.0 Å². The predicted octanol–water partition coefficient (Wildman–Crippen LogP) is 4.48. The standard InChI is InChI=1S/C22H27NO5/c1-4-10-25-18-8-6-16(12-20(18)26-11-5-2)15(3)23-22(24)17-7-9-19-21(13-17)28-14-27-19/h6-9,12-13,15H,4-5,10-11,14H2,1-3H3,(H,23,24). The highest BCUT2D eigenvalue weighted by atomic mass is 16.7. The highest BCUT2D eigenvalue weighted by Gasteiger charge is 2.18. The average Bonchev–Trinajstić information content (AvgIpc) is 3.18. The van der Waals surface area contributed by atoms with Gasteiger partial charge in [-0.15, -0.1) is 0 Å². The van der Waals surface area contributed by atoms with Gasteiger partial charge < -0.3 is 24.3 Å². The van der Waals surface area contributed by atoms with Crippen LogP contribution in [0.15, 0.2) is 36.4 Å². The Hall–Kier alpha value is -2.89. The zero-order valence-electron chi connectivity index (χ0n) is 16.6. The van der Waals surface area contributed by atoms with Crippen molar-refractivity contribution in [3.63, 3.8) is 0 Å². The molecule has 28 heavy (non-hydrogen) atoms. The molecule has 0 saturated carbocycles. The monoisotopic (exact) mass is 385 g/mol. The summed E-state index contributed by atoms with van der Waals surface area (Å²) in [7, 11) is 0. The first-order chi connectivity index (χ1) is 13.6. The van der Waals surface area contributed by atoms with E-state index in [1.807, 2.05) is 25.1 Å². The zero-order valence-corrected chi connectivity index (χ0v) is 16.6. The molecule has 0 aliphatic carbocycles. The average molecular weight is 385 g/mol. The van der Waals surface area contributed by atoms with Gasteiger partial charge in [0.2, 0.25) is 6.79 Å². The first-order valence-electron chi connectivity index (χ1n) is 9.72. The lowest BCUT2D eigenvalue weighted by molar-refractivity contribution is 0.0939. The first-order valence-corrected chi connectivity index (χ1v) is 9.72. The van der Waals surface area contributed by atoms with Crippen LogP contribution < -0.4 is 24.3 Å². The van der Waals surface area contributed by atoms with Gasteiger partial charge >= 0.3 is 0 Å². The van der Waals surface area contributed by atoms with Gasteiger partial charge in [0.25, 0.3) is 5.91 Å². The predicted molar refractivity (Wildman–Crippen MR) is 106 cm³/mol. The second-order valence-electron chi connectivity index (χ2n) is 6.67. The summed E-state index contributed by atoms with van der Waals surface area (Å²) < 4.78 is 22.3. The van der Waals surface area contributed by atoms with Crippen molar-refractivity contribution in [2.45, 2.75) is 39.7 Å². The summed E-state index contributed by atoms with van der Waals surface area (Å²) >= 11 is 0. The molecule has 0 saturated heterocycles. The van der Waals surface area contributed by atoms with Crippen LogP contribution in [-0.4, -0.2) is 25.9 Å². The Kier molecular flexibility index (Phi) is 6.63. The quantitative estimate of drug-likeness (QED) is 0.689. The van der Waals surface area contributed by atoms with Crippen LogP contribution in [0.1, 0.15) is 55.6 Å². The lowest BCUT2D eigenvalue weighted by atomic mass is 10.1. The Labute approximate surface area is 165 Å². The van der Waals surface area contributed by atoms with E-state index < -0.39 is 0 Å². The highest BCUT2D eigenvalue weighted by molar-refractivity contribution is 5.95. The van der Waals surface area contributed by atoms with Crippen LogP contribution >= 0.6 is 0 Å². The zero-order chi connectivity index (χ0) is 19.9. The van der Waals surface area contributed by atoms with Gasteiger partial charge in [0, 0.05) is 5.56 Å². The fraction of sp³-hybridized carbons (Fsp3) is 0.409. The minimum absolute atomic E-state index is 0.173. The van der Waals surface area contributed by atoms with E-state index in [9.17, 15) is 4.79 Å². The van der Waals surface area contributed by atoms with Crippen LogP contribution in [0.4, 0.5) is 0 Å². The Morgan fingerprint density at radius 3 is 2.46 bits per heavy atom. The molecule has 1 atom stereocenters. The molecule has 2 aromatic rings. The summed E-state index contributed by atoms with van der Waals surface area (Å²) in [5.74, 6) is 2.51. The number of nitrogens with one attached hydrogen (secondary N) is 1. The maximum atomic E-state index is 12.6. The Morgan fingerprint density at radius 2 is 1.71 bits per heavy atom. The molecule has 1 aliphatic rings. The molecule has 1 N–H and O–H groups in total. The van der Waals surface area contributed by atoms with Gasteiger partial charge in [-0.05, 0) is 55.7 Å². The van der Waals surface area contributed by atoms with Crippen molar-refractivity contribution >= 4 is 5.91 Å². The summed E-state index contributed by atoms with van der Waals surface area (Å²) in [5.41, 5.74) is 1.48. The number of benzene rings is 2. The fourth-order valence-electron chi connectivity index (χ4n) is 2.85. The van der Waals surface area contributed by atoms with Gasteiger partial charge in [-0.3, -0.25) is 4.79 Å². The molecule has 1 amide bonds. The van der Waals surface area contributed by atoms with Crippen LogP contribution in [0.2, 0.25) is 0 Å². The largest absolute Gasteiger partial charge is 0.490 e. The van der Waals surface area contributed by atoms with E-state index in [4.69, 9.17) is 18.9 Å². The summed E-state index contributed by atoms with van der Waals surface area (Å²) in [5, 5.41) is 3.02. The summed E-state index contributed by atoms with van der Waals surface area (Å²) in [6.45, 7) is 7.50. The molecule has 1 unspecified atom stereocenters. The van der Waals surface area contributed by atoms with E-state index in [0.29, 0.717) is 36.0 Å². The third kappa shape index (κ3) is 4.68. The van der Waals surface area contributed by atoms with Gasteiger partial charge in [-0.2, -0.15) is 0 Å². The molecule has 0 radical (unpaired) electrons. The number of carbonyl (C=O) groups excluding carboxylic acids is 1. The molecule has 1 aliphatic heterocycles. The van der Waals surface area contributed by atoms with E-state index in [1.165, 1.54) is 0 Å². The molecule has 6 nitrogen and oxygen atoms in total. The second kappa shape index (κ2) is 9.35. The van der Waals surface area contributed by atoms with Crippen molar-refractivity contribution in [2.75, 3.05) is 20.0 Å².